The first-order valence-corrected chi connectivity index (χ1v) is 9.23. The van der Waals surface area contributed by atoms with Crippen molar-refractivity contribution in [2.75, 3.05) is 40.4 Å². The third-order valence-electron chi connectivity index (χ3n) is 4.16. The number of anilines is 1. The molecule has 1 amide bonds. The molecule has 0 bridgehead atoms. The zero-order valence-electron chi connectivity index (χ0n) is 17.8. The Kier molecular flexibility index (Phi) is 8.56. The first-order valence-electron chi connectivity index (χ1n) is 9.23. The highest BCUT2D eigenvalue weighted by molar-refractivity contribution is 6.02. The molecule has 2 aromatic rings. The molecule has 9 nitrogen and oxygen atoms in total. The average Bonchev–Trinajstić information content (AvgIpc) is 2.77. The standard InChI is InChI=1S/C22H25NO8/c1-27-15-12-18(29-3)16(19(13-15)30-4)6-8-21(24)23-14-5-7-17(28-2)20(11-14)31-10-9-22(25)26/h5-8,11-13H,9-10H2,1-4H3,(H,23,24)(H,25,26)/b8-6+. The van der Waals surface area contributed by atoms with Crippen LogP contribution in [0, 0.1) is 0 Å². The molecular formula is C22H25NO8. The van der Waals surface area contributed by atoms with Gasteiger partial charge < -0.3 is 34.1 Å². The number of hydrogen-bond acceptors (Lipinski definition) is 7. The Balaban J connectivity index is 2.17. The van der Waals surface area contributed by atoms with Crippen LogP contribution in [0.1, 0.15) is 12.0 Å². The predicted octanol–water partition coefficient (Wildman–Crippen LogP) is 3.23. The summed E-state index contributed by atoms with van der Waals surface area (Å²) < 4.78 is 26.6. The lowest BCUT2D eigenvalue weighted by Gasteiger charge is -2.13. The van der Waals surface area contributed by atoms with E-state index in [1.807, 2.05) is 0 Å². The van der Waals surface area contributed by atoms with Crippen LogP contribution >= 0.6 is 0 Å². The Morgan fingerprint density at radius 3 is 2.10 bits per heavy atom. The predicted molar refractivity (Wildman–Crippen MR) is 115 cm³/mol. The summed E-state index contributed by atoms with van der Waals surface area (Å²) >= 11 is 0. The van der Waals surface area contributed by atoms with Gasteiger partial charge in [0.25, 0.3) is 0 Å². The fraction of sp³-hybridized carbons (Fsp3) is 0.273. The van der Waals surface area contributed by atoms with E-state index in [0.717, 1.165) is 0 Å². The summed E-state index contributed by atoms with van der Waals surface area (Å²) in [4.78, 5) is 23.1. The Morgan fingerprint density at radius 1 is 0.903 bits per heavy atom. The van der Waals surface area contributed by atoms with Crippen LogP contribution < -0.4 is 29.0 Å². The van der Waals surface area contributed by atoms with Crippen LogP contribution in [0.3, 0.4) is 0 Å². The van der Waals surface area contributed by atoms with Crippen LogP contribution in [-0.2, 0) is 9.59 Å². The van der Waals surface area contributed by atoms with Crippen molar-refractivity contribution in [3.05, 3.63) is 42.0 Å². The van der Waals surface area contributed by atoms with Crippen molar-refractivity contribution in [1.29, 1.82) is 0 Å². The topological polar surface area (TPSA) is 113 Å². The lowest BCUT2D eigenvalue weighted by Crippen LogP contribution is -2.09. The second-order valence-corrected chi connectivity index (χ2v) is 6.13. The largest absolute Gasteiger partial charge is 0.496 e. The number of carboxylic acid groups (broad SMARTS) is 1. The minimum atomic E-state index is -0.974. The highest BCUT2D eigenvalue weighted by Crippen LogP contribution is 2.35. The molecule has 0 fully saturated rings. The van der Waals surface area contributed by atoms with E-state index in [2.05, 4.69) is 5.32 Å². The smallest absolute Gasteiger partial charge is 0.306 e. The van der Waals surface area contributed by atoms with Crippen molar-refractivity contribution in [3.63, 3.8) is 0 Å². The lowest BCUT2D eigenvalue weighted by atomic mass is 10.1. The monoisotopic (exact) mass is 431 g/mol. The molecule has 0 saturated carbocycles. The van der Waals surface area contributed by atoms with E-state index in [0.29, 0.717) is 40.0 Å². The second-order valence-electron chi connectivity index (χ2n) is 6.13. The number of benzene rings is 2. The van der Waals surface area contributed by atoms with Gasteiger partial charge in [0.15, 0.2) is 11.5 Å². The van der Waals surface area contributed by atoms with E-state index in [-0.39, 0.29) is 13.0 Å². The number of carboxylic acids is 1. The van der Waals surface area contributed by atoms with Crippen molar-refractivity contribution in [2.24, 2.45) is 0 Å². The van der Waals surface area contributed by atoms with Gasteiger partial charge in [0.1, 0.15) is 17.2 Å². The van der Waals surface area contributed by atoms with E-state index in [9.17, 15) is 9.59 Å². The summed E-state index contributed by atoms with van der Waals surface area (Å²) in [6, 6.07) is 8.18. The molecule has 0 radical (unpaired) electrons. The Labute approximate surface area is 180 Å². The molecule has 0 unspecified atom stereocenters. The van der Waals surface area contributed by atoms with Gasteiger partial charge in [-0.2, -0.15) is 0 Å². The number of methoxy groups -OCH3 is 4. The van der Waals surface area contributed by atoms with Crippen LogP contribution in [0.4, 0.5) is 5.69 Å². The third-order valence-corrected chi connectivity index (χ3v) is 4.16. The van der Waals surface area contributed by atoms with Crippen LogP contribution in [-0.4, -0.2) is 52.0 Å². The van der Waals surface area contributed by atoms with Crippen LogP contribution in [0.5, 0.6) is 28.7 Å². The van der Waals surface area contributed by atoms with Crippen molar-refractivity contribution in [3.8, 4) is 28.7 Å². The highest BCUT2D eigenvalue weighted by Gasteiger charge is 2.12. The number of rotatable bonds is 11. The van der Waals surface area contributed by atoms with Gasteiger partial charge in [-0.15, -0.1) is 0 Å². The van der Waals surface area contributed by atoms with Gasteiger partial charge >= 0.3 is 5.97 Å². The number of nitrogens with one attached hydrogen (secondary N) is 1. The molecule has 0 atom stereocenters. The van der Waals surface area contributed by atoms with Crippen molar-refractivity contribution < 1.29 is 38.4 Å². The first-order chi connectivity index (χ1) is 14.9. The van der Waals surface area contributed by atoms with E-state index < -0.39 is 11.9 Å². The normalized spacial score (nSPS) is 10.5. The zero-order valence-corrected chi connectivity index (χ0v) is 17.8. The molecule has 0 aromatic heterocycles. The molecule has 2 N–H and O–H groups in total. The summed E-state index contributed by atoms with van der Waals surface area (Å²) in [7, 11) is 6.02. The summed E-state index contributed by atoms with van der Waals surface area (Å²) in [5.41, 5.74) is 1.03. The molecule has 0 aliphatic rings. The molecule has 2 aromatic carbocycles. The van der Waals surface area contributed by atoms with Gasteiger partial charge in [-0.1, -0.05) is 0 Å². The Bertz CT molecular complexity index is 930. The number of amides is 1. The molecule has 0 aliphatic heterocycles. The molecule has 166 valence electrons. The lowest BCUT2D eigenvalue weighted by molar-refractivity contribution is -0.137. The van der Waals surface area contributed by atoms with Gasteiger partial charge in [0, 0.05) is 30.0 Å². The zero-order chi connectivity index (χ0) is 22.8. The molecule has 0 saturated heterocycles. The molecule has 2 rings (SSSR count). The number of aliphatic carboxylic acids is 1. The van der Waals surface area contributed by atoms with E-state index in [1.54, 1.807) is 36.4 Å². The number of carbonyl (C=O) groups is 2. The molecule has 31 heavy (non-hydrogen) atoms. The van der Waals surface area contributed by atoms with Crippen molar-refractivity contribution >= 4 is 23.6 Å². The molecule has 0 aliphatic carbocycles. The summed E-state index contributed by atoms with van der Waals surface area (Å²) in [6.45, 7) is -0.0277. The van der Waals surface area contributed by atoms with E-state index in [1.165, 1.54) is 34.5 Å². The van der Waals surface area contributed by atoms with Crippen LogP contribution in [0.15, 0.2) is 36.4 Å². The van der Waals surface area contributed by atoms with E-state index >= 15 is 0 Å². The minimum absolute atomic E-state index is 0.0277. The van der Waals surface area contributed by atoms with Gasteiger partial charge in [0.05, 0.1) is 47.0 Å². The number of ether oxygens (including phenoxy) is 5. The number of hydrogen-bond donors (Lipinski definition) is 2. The first kappa shape index (κ1) is 23.4. The molecule has 0 spiro atoms. The van der Waals surface area contributed by atoms with Crippen molar-refractivity contribution in [2.45, 2.75) is 6.42 Å². The van der Waals surface area contributed by atoms with Crippen LogP contribution in [0.25, 0.3) is 6.08 Å². The number of carbonyl (C=O) groups excluding carboxylic acids is 1. The summed E-state index contributed by atoms with van der Waals surface area (Å²) in [5.74, 6) is 0.900. The van der Waals surface area contributed by atoms with Gasteiger partial charge in [-0.3, -0.25) is 9.59 Å². The maximum atomic E-state index is 12.4. The van der Waals surface area contributed by atoms with Crippen LogP contribution in [0.2, 0.25) is 0 Å². The molecular weight excluding hydrogens is 406 g/mol. The average molecular weight is 431 g/mol. The van der Waals surface area contributed by atoms with E-state index in [4.69, 9.17) is 28.8 Å². The fourth-order valence-corrected chi connectivity index (χ4v) is 2.66. The highest BCUT2D eigenvalue weighted by atomic mass is 16.5. The maximum absolute atomic E-state index is 12.4. The fourth-order valence-electron chi connectivity index (χ4n) is 2.66. The summed E-state index contributed by atoms with van der Waals surface area (Å²) in [6.07, 6.45) is 2.75. The SMILES string of the molecule is COc1cc(OC)c(/C=C/C(=O)Nc2ccc(OC)c(OCCC(=O)O)c2)c(OC)c1. The Hall–Kier alpha value is -3.88. The minimum Gasteiger partial charge on any atom is -0.496 e. The maximum Gasteiger partial charge on any atom is 0.306 e. The van der Waals surface area contributed by atoms with Gasteiger partial charge in [-0.05, 0) is 18.2 Å². The van der Waals surface area contributed by atoms with Gasteiger partial charge in [0.2, 0.25) is 5.91 Å². The molecule has 9 heteroatoms. The van der Waals surface area contributed by atoms with Gasteiger partial charge in [-0.25, -0.2) is 0 Å². The molecule has 0 heterocycles. The van der Waals surface area contributed by atoms with Crippen molar-refractivity contribution in [1.82, 2.24) is 0 Å². The summed E-state index contributed by atoms with van der Waals surface area (Å²) in [5, 5.41) is 11.5. The quantitative estimate of drug-likeness (QED) is 0.522. The Morgan fingerprint density at radius 2 is 1.55 bits per heavy atom. The third kappa shape index (κ3) is 6.56. The second kappa shape index (κ2) is 11.3.